The minimum absolute atomic E-state index is 0. The fourth-order valence-electron chi connectivity index (χ4n) is 8.76. The van der Waals surface area contributed by atoms with Crippen molar-refractivity contribution in [3.63, 3.8) is 0 Å². The van der Waals surface area contributed by atoms with Gasteiger partial charge in [-0.2, -0.15) is 0 Å². The molecule has 0 bridgehead atoms. The Bertz CT molecular complexity index is 3150. The van der Waals surface area contributed by atoms with Crippen molar-refractivity contribution in [1.82, 2.24) is 58.5 Å². The van der Waals surface area contributed by atoms with Crippen molar-refractivity contribution in [3.8, 4) is 0 Å². The van der Waals surface area contributed by atoms with Crippen LogP contribution in [-0.4, -0.2) is 283 Å². The van der Waals surface area contributed by atoms with E-state index in [9.17, 15) is 63.0 Å². The van der Waals surface area contributed by atoms with Gasteiger partial charge in [0.2, 0.25) is 65.0 Å². The van der Waals surface area contributed by atoms with Gasteiger partial charge in [-0.25, -0.2) is 42.1 Å². The smallest absolute Gasteiger partial charge is 0.748 e. The Kier molecular flexibility index (Phi) is 80.9. The van der Waals surface area contributed by atoms with E-state index in [0.29, 0.717) is 43.6 Å². The Morgan fingerprint density at radius 2 is 0.768 bits per heavy atom. The maximum Gasteiger partial charge on any atom is 1.00 e. The van der Waals surface area contributed by atoms with Crippen molar-refractivity contribution in [2.75, 3.05) is 70.5 Å². The molecule has 1 heterocycles. The number of hydrogen-bond acceptors (Lipinski definition) is 33. The zero-order valence-electron chi connectivity index (χ0n) is 67.5. The number of aliphatic hydroxyl groups excluding tert-OH is 2. The standard InChI is InChI=1S/C53H100N16O13.5CH4O3S.5Na/c1-9-30(6)12-10-11-13-41(72)60-33(14-20-54)48(77)69-43(32(8)71)53(82)65-36(17-23-57)45(74)64-38-19-25-59-52(81)42(31(7)70)68-49(78)37(18-24-58)62-44(73)34(15-21-55)63-50(79)39(26-28(2)3)67-51(80)40(27-29(4)5)66-46(75)35(16-22-56)61-47(38)76;5*1-5(2,3)4;;;;;/h28-40,42-43,70-71H,9-27,54-58H2,1-8H3,(H,59,81)(H,60,72)(H,61,76)(H,62,73)(H,63,79)(H,64,74)(H,65,82)(H,66,75)(H,67,80)(H,68,78)(H,69,77);5*1H3,(H,2,3,4);;;;;/q;;;;;;5*+1/p-5/t30?,31-,32-,33+,34-,35+,36+,37+,38+,39+,40-,42+,43+;;;;;;;;;;/m1........../s1. The summed E-state index contributed by atoms with van der Waals surface area (Å²) in [5, 5.41) is 49.5. The fourth-order valence-corrected chi connectivity index (χ4v) is 8.76. The first-order valence-corrected chi connectivity index (χ1v) is 42.5. The van der Waals surface area contributed by atoms with Gasteiger partial charge in [0.15, 0.2) is 0 Å². The second-order valence-corrected chi connectivity index (χ2v) is 32.5. The molecule has 0 saturated carbocycles. The minimum atomic E-state index is -3.92. The van der Waals surface area contributed by atoms with Crippen LogP contribution < -0.4 is 235 Å². The molecule has 1 saturated heterocycles. The summed E-state index contributed by atoms with van der Waals surface area (Å²) in [6, 6.07) is -14.5. The third-order valence-electron chi connectivity index (χ3n) is 13.7. The molecule has 0 aromatic heterocycles. The van der Waals surface area contributed by atoms with Gasteiger partial charge in [-0.3, -0.25) is 52.7 Å². The quantitative estimate of drug-likeness (QED) is 0.0188. The van der Waals surface area contributed by atoms with Crippen molar-refractivity contribution in [1.29, 1.82) is 0 Å². The molecule has 1 unspecified atom stereocenters. The number of unbranched alkanes of at least 4 members (excludes halogenated alkanes) is 1. The summed E-state index contributed by atoms with van der Waals surface area (Å²) in [6.07, 6.45) is 2.26. The van der Waals surface area contributed by atoms with E-state index >= 15 is 0 Å². The Morgan fingerprint density at radius 3 is 1.08 bits per heavy atom. The number of nitrogens with two attached hydrogens (primary N) is 5. The molecule has 54 heteroatoms. The van der Waals surface area contributed by atoms with Gasteiger partial charge in [0.25, 0.3) is 0 Å². The molecule has 112 heavy (non-hydrogen) atoms. The molecular formula is C58H115N16Na5O28S5. The summed E-state index contributed by atoms with van der Waals surface area (Å²) in [6.45, 7) is 12.6. The molecule has 0 aliphatic carbocycles. The van der Waals surface area contributed by atoms with Crippen molar-refractivity contribution in [2.24, 2.45) is 46.4 Å². The molecule has 0 radical (unpaired) electrons. The number of rotatable bonds is 29. The molecule has 1 aliphatic rings. The summed E-state index contributed by atoms with van der Waals surface area (Å²) in [4.78, 5) is 153. The van der Waals surface area contributed by atoms with E-state index in [1.165, 1.54) is 13.8 Å². The van der Waals surface area contributed by atoms with Crippen molar-refractivity contribution >= 4 is 116 Å². The van der Waals surface area contributed by atoms with Gasteiger partial charge in [0, 0.05) is 44.2 Å². The molecular weight excluding hydrogens is 1640 g/mol. The average Bonchev–Trinajstić information content (AvgIpc) is 0.967. The van der Waals surface area contributed by atoms with E-state index in [1.807, 2.05) is 0 Å². The third kappa shape index (κ3) is 80.8. The first-order chi connectivity index (χ1) is 48.7. The van der Waals surface area contributed by atoms with E-state index in [2.05, 4.69) is 72.3 Å². The Balaban J connectivity index is -0.000000372. The van der Waals surface area contributed by atoms with Crippen LogP contribution in [0.2, 0.25) is 0 Å². The summed E-state index contributed by atoms with van der Waals surface area (Å²) in [7, 11) is -19.6. The van der Waals surface area contributed by atoms with Crippen LogP contribution >= 0.6 is 0 Å². The predicted molar refractivity (Wildman–Crippen MR) is 384 cm³/mol. The molecule has 11 amide bonds. The molecule has 23 N–H and O–H groups in total. The van der Waals surface area contributed by atoms with E-state index in [4.69, 9.17) is 93.5 Å². The number of carbonyl (C=O) groups is 11. The maximum absolute atomic E-state index is 14.4. The van der Waals surface area contributed by atoms with Crippen LogP contribution in [-0.2, 0) is 103 Å². The maximum atomic E-state index is 14.4. The topological polar surface area (TPSA) is 777 Å². The predicted octanol–water partition coefficient (Wildman–Crippen LogP) is -24.6. The van der Waals surface area contributed by atoms with Gasteiger partial charge < -0.3 is 120 Å². The zero-order chi connectivity index (χ0) is 84.7. The van der Waals surface area contributed by atoms with Crippen LogP contribution in [0.5, 0.6) is 0 Å². The van der Waals surface area contributed by atoms with Gasteiger partial charge in [-0.05, 0) is 122 Å². The summed E-state index contributed by atoms with van der Waals surface area (Å²) < 4.78 is 136. The number of carbonyl (C=O) groups excluding carboxylic acids is 11. The SMILES string of the molecule is CCC(C)CCCCC(=O)N[C@@H](CCN)C(=O)N[C@H](C(=O)N[C@@H](CCN)C(=O)N[C@H]1CCNC(=O)[C@H]([C@@H](C)O)NC(=O)[C@H](CCN)NC(=O)[C@@H](CCN)NC(=O)[C@H](CC(C)C)NC(=O)[C@@H](CC(C)C)NC(=O)[C@H](CCN)NC1=O)[C@@H](C)O.CS(=O)(=O)[O-].CS(=O)(=O)[O-].CS(=O)(=O)[O-].CS(=O)(=O)[O-].CS(=O)(=O)[O-].[Na+].[Na+].[Na+].[Na+].[Na+]. The van der Waals surface area contributed by atoms with E-state index < -0.39 is 201 Å². The van der Waals surface area contributed by atoms with Crippen LogP contribution in [0.4, 0.5) is 0 Å². The molecule has 1 rings (SSSR count). The molecule has 13 atom stereocenters. The third-order valence-corrected chi connectivity index (χ3v) is 13.7. The molecule has 44 nitrogen and oxygen atoms in total. The van der Waals surface area contributed by atoms with Crippen LogP contribution in [0.3, 0.4) is 0 Å². The van der Waals surface area contributed by atoms with Gasteiger partial charge in [0.1, 0.15) is 60.4 Å². The van der Waals surface area contributed by atoms with Crippen LogP contribution in [0, 0.1) is 17.8 Å². The second-order valence-electron chi connectivity index (χ2n) is 25.5. The van der Waals surface area contributed by atoms with Gasteiger partial charge in [-0.15, -0.1) is 0 Å². The number of hydrogen-bond donors (Lipinski definition) is 18. The Hall–Kier alpha value is -1.56. The van der Waals surface area contributed by atoms with E-state index in [1.54, 1.807) is 27.7 Å². The molecule has 1 aliphatic heterocycles. The molecule has 0 spiro atoms. The van der Waals surface area contributed by atoms with E-state index in [0.717, 1.165) is 19.3 Å². The Morgan fingerprint density at radius 1 is 0.446 bits per heavy atom. The fraction of sp³-hybridized carbons (Fsp3) is 0.810. The van der Waals surface area contributed by atoms with E-state index in [-0.39, 0.29) is 244 Å². The number of nitrogens with one attached hydrogen (secondary N) is 11. The van der Waals surface area contributed by atoms with Crippen LogP contribution in [0.25, 0.3) is 0 Å². The molecule has 0 aromatic rings. The molecule has 1 fully saturated rings. The largest absolute Gasteiger partial charge is 1.00 e. The van der Waals surface area contributed by atoms with Crippen molar-refractivity contribution in [3.05, 3.63) is 0 Å². The molecule has 630 valence electrons. The van der Waals surface area contributed by atoms with Crippen molar-refractivity contribution < 1.29 is 276 Å². The van der Waals surface area contributed by atoms with Gasteiger partial charge in [0.05, 0.1) is 62.8 Å². The van der Waals surface area contributed by atoms with Gasteiger partial charge in [-0.1, -0.05) is 60.8 Å². The monoisotopic (exact) mass is 1760 g/mol. The van der Waals surface area contributed by atoms with Crippen LogP contribution in [0.1, 0.15) is 139 Å². The first kappa shape index (κ1) is 131. The zero-order valence-corrected chi connectivity index (χ0v) is 81.6. The van der Waals surface area contributed by atoms with Gasteiger partial charge >= 0.3 is 148 Å². The normalized spacial score (nSPS) is 19.7. The first-order valence-electron chi connectivity index (χ1n) is 33.4. The summed E-state index contributed by atoms with van der Waals surface area (Å²) in [5.41, 5.74) is 29.2. The van der Waals surface area contributed by atoms with Crippen molar-refractivity contribution in [2.45, 2.75) is 211 Å². The summed E-state index contributed by atoms with van der Waals surface area (Å²) in [5.74, 6) is -9.49. The summed E-state index contributed by atoms with van der Waals surface area (Å²) >= 11 is 0. The second kappa shape index (κ2) is 69.1. The average molecular weight is 1760 g/mol. The van der Waals surface area contributed by atoms with Crippen LogP contribution in [0.15, 0.2) is 0 Å². The number of aliphatic hydroxyl groups is 2. The number of amides is 11. The Labute approximate surface area is 769 Å². The minimum Gasteiger partial charge on any atom is -0.748 e. The molecule has 0 aromatic carbocycles.